The van der Waals surface area contributed by atoms with Crippen LogP contribution in [0, 0.1) is 0 Å². The predicted octanol–water partition coefficient (Wildman–Crippen LogP) is 9.74. The van der Waals surface area contributed by atoms with E-state index in [-0.39, 0.29) is 11.6 Å². The molecule has 11 heteroatoms. The van der Waals surface area contributed by atoms with E-state index in [4.69, 9.17) is 16.3 Å². The molecule has 0 fully saturated rings. The number of nitrogens with one attached hydrogen (secondary N) is 3. The summed E-state index contributed by atoms with van der Waals surface area (Å²) in [6, 6.07) is 40.0. The number of benzene rings is 5. The minimum absolute atomic E-state index is 0.0447. The van der Waals surface area contributed by atoms with Crippen LogP contribution in [0.15, 0.2) is 149 Å². The number of amides is 3. The summed E-state index contributed by atoms with van der Waals surface area (Å²) in [4.78, 5) is 45.7. The zero-order chi connectivity index (χ0) is 36.3. The summed E-state index contributed by atoms with van der Waals surface area (Å²) >= 11 is 8.91. The molecule has 6 aromatic rings. The Bertz CT molecular complexity index is 2170. The van der Waals surface area contributed by atoms with Gasteiger partial charge in [0.25, 0.3) is 11.8 Å². The fourth-order valence-electron chi connectivity index (χ4n) is 5.08. The summed E-state index contributed by atoms with van der Waals surface area (Å²) in [6.45, 7) is 2.53. The first-order valence-corrected chi connectivity index (χ1v) is 18.4. The van der Waals surface area contributed by atoms with E-state index >= 15 is 0 Å². The van der Waals surface area contributed by atoms with Crippen LogP contribution in [-0.2, 0) is 9.59 Å². The van der Waals surface area contributed by atoms with E-state index < -0.39 is 17.1 Å². The lowest BCUT2D eigenvalue weighted by atomic mass is 10.1. The van der Waals surface area contributed by atoms with Crippen molar-refractivity contribution < 1.29 is 19.1 Å². The summed E-state index contributed by atoms with van der Waals surface area (Å²) in [5.74, 6) is -0.368. The highest BCUT2D eigenvalue weighted by atomic mass is 35.5. The molecule has 0 aliphatic carbocycles. The molecule has 1 atom stereocenters. The molecule has 0 aliphatic rings. The van der Waals surface area contributed by atoms with Gasteiger partial charge in [-0.05, 0) is 96.9 Å². The minimum atomic E-state index is -0.583. The van der Waals surface area contributed by atoms with Crippen LogP contribution in [0.25, 0.3) is 17.3 Å². The quantitative estimate of drug-likeness (QED) is 0.0803. The third kappa shape index (κ3) is 9.76. The molecule has 3 N–H and O–H groups in total. The fraction of sp³-hybridized carbons (Fsp3) is 0.0732. The molecule has 0 bridgehead atoms. The van der Waals surface area contributed by atoms with Gasteiger partial charge in [-0.2, -0.15) is 0 Å². The van der Waals surface area contributed by atoms with Crippen molar-refractivity contribution in [1.82, 2.24) is 10.3 Å². The fourth-order valence-corrected chi connectivity index (χ4v) is 7.03. The monoisotopic (exact) mass is 744 g/mol. The van der Waals surface area contributed by atoms with Gasteiger partial charge in [0.15, 0.2) is 5.13 Å². The van der Waals surface area contributed by atoms with Gasteiger partial charge in [0.1, 0.15) is 16.7 Å². The van der Waals surface area contributed by atoms with Crippen LogP contribution in [-0.4, -0.2) is 29.3 Å². The molecule has 0 saturated carbocycles. The molecular formula is C41H33ClN4O4S2. The number of carbonyl (C=O) groups is 3. The number of carbonyl (C=O) groups excluding carboxylic acids is 3. The van der Waals surface area contributed by atoms with E-state index in [9.17, 15) is 14.4 Å². The van der Waals surface area contributed by atoms with Crippen LogP contribution >= 0.6 is 34.7 Å². The molecule has 52 heavy (non-hydrogen) atoms. The van der Waals surface area contributed by atoms with E-state index in [2.05, 4.69) is 20.9 Å². The highest BCUT2D eigenvalue weighted by Gasteiger charge is 2.24. The van der Waals surface area contributed by atoms with Crippen LogP contribution in [0.2, 0.25) is 5.02 Å². The SMILES string of the molecule is CCOc1ccc(-c2csc(NC(=O)C(Sc3ccc(NC(=O)/C(=C/c4cccc(Cl)c4)NC(=O)c4ccccc4)cc3)c3ccccc3)n2)cc1. The lowest BCUT2D eigenvalue weighted by Crippen LogP contribution is -2.30. The number of halogens is 1. The largest absolute Gasteiger partial charge is 0.494 e. The maximum absolute atomic E-state index is 13.7. The predicted molar refractivity (Wildman–Crippen MR) is 211 cm³/mol. The molecule has 5 aromatic carbocycles. The Morgan fingerprint density at radius 2 is 1.56 bits per heavy atom. The number of nitrogens with zero attached hydrogens (tertiary/aromatic N) is 1. The van der Waals surface area contributed by atoms with E-state index in [0.717, 1.165) is 27.5 Å². The van der Waals surface area contributed by atoms with E-state index in [1.807, 2.05) is 85.1 Å². The molecule has 1 aromatic heterocycles. The van der Waals surface area contributed by atoms with Gasteiger partial charge in [-0.3, -0.25) is 14.4 Å². The van der Waals surface area contributed by atoms with Crippen LogP contribution < -0.4 is 20.7 Å². The van der Waals surface area contributed by atoms with Gasteiger partial charge in [-0.1, -0.05) is 72.3 Å². The van der Waals surface area contributed by atoms with Crippen molar-refractivity contribution >= 4 is 69.3 Å². The summed E-state index contributed by atoms with van der Waals surface area (Å²) in [7, 11) is 0. The Balaban J connectivity index is 1.15. The Kier molecular flexibility index (Phi) is 12.2. The highest BCUT2D eigenvalue weighted by Crippen LogP contribution is 2.37. The smallest absolute Gasteiger partial charge is 0.272 e. The zero-order valence-corrected chi connectivity index (χ0v) is 30.3. The summed E-state index contributed by atoms with van der Waals surface area (Å²) in [5, 5.41) is 10.9. The third-order valence-corrected chi connectivity index (χ3v) is 9.85. The second-order valence-corrected chi connectivity index (χ2v) is 13.8. The number of hydrogen-bond donors (Lipinski definition) is 3. The number of ether oxygens (including phenoxy) is 1. The number of hydrogen-bond acceptors (Lipinski definition) is 7. The van der Waals surface area contributed by atoms with Gasteiger partial charge in [-0.25, -0.2) is 4.98 Å². The molecule has 3 amide bonds. The van der Waals surface area contributed by atoms with E-state index in [0.29, 0.717) is 33.6 Å². The molecule has 260 valence electrons. The summed E-state index contributed by atoms with van der Waals surface area (Å²) in [6.07, 6.45) is 1.57. The van der Waals surface area contributed by atoms with Gasteiger partial charge < -0.3 is 20.7 Å². The molecule has 0 spiro atoms. The number of rotatable bonds is 13. The number of thioether (sulfide) groups is 1. The Hall–Kier alpha value is -5.68. The Labute approximate surface area is 314 Å². The van der Waals surface area contributed by atoms with Gasteiger partial charge in [0.05, 0.1) is 12.3 Å². The van der Waals surface area contributed by atoms with Crippen molar-refractivity contribution in [2.24, 2.45) is 0 Å². The number of anilines is 2. The maximum Gasteiger partial charge on any atom is 0.272 e. The molecule has 1 heterocycles. The molecule has 0 aliphatic heterocycles. The first-order valence-electron chi connectivity index (χ1n) is 16.3. The van der Waals surface area contributed by atoms with Crippen molar-refractivity contribution in [3.8, 4) is 17.0 Å². The van der Waals surface area contributed by atoms with Gasteiger partial charge in [0.2, 0.25) is 5.91 Å². The average molecular weight is 745 g/mol. The number of thiazole rings is 1. The van der Waals surface area contributed by atoms with E-state index in [1.54, 1.807) is 66.7 Å². The first-order chi connectivity index (χ1) is 25.3. The van der Waals surface area contributed by atoms with Crippen molar-refractivity contribution in [3.63, 3.8) is 0 Å². The van der Waals surface area contributed by atoms with Crippen LogP contribution in [0.3, 0.4) is 0 Å². The second-order valence-electron chi connectivity index (χ2n) is 11.3. The second kappa shape index (κ2) is 17.5. The van der Waals surface area contributed by atoms with E-state index in [1.165, 1.54) is 23.1 Å². The van der Waals surface area contributed by atoms with Crippen molar-refractivity contribution in [1.29, 1.82) is 0 Å². The van der Waals surface area contributed by atoms with Crippen LogP contribution in [0.5, 0.6) is 5.75 Å². The topological polar surface area (TPSA) is 109 Å². The lowest BCUT2D eigenvalue weighted by Gasteiger charge is -2.17. The maximum atomic E-state index is 13.7. The van der Waals surface area contributed by atoms with Crippen molar-refractivity contribution in [3.05, 3.63) is 166 Å². The van der Waals surface area contributed by atoms with Gasteiger partial charge in [-0.15, -0.1) is 23.1 Å². The number of aromatic nitrogens is 1. The molecule has 0 saturated heterocycles. The zero-order valence-electron chi connectivity index (χ0n) is 27.9. The molecule has 1 unspecified atom stereocenters. The summed E-state index contributed by atoms with van der Waals surface area (Å²) < 4.78 is 5.54. The lowest BCUT2D eigenvalue weighted by molar-refractivity contribution is -0.116. The molecule has 8 nitrogen and oxygen atoms in total. The van der Waals surface area contributed by atoms with Gasteiger partial charge >= 0.3 is 0 Å². The standard InChI is InChI=1S/C41H33ClN4O4S2/c1-2-50-33-20-16-28(17-21-33)36-26-51-41(45-36)46-40(49)37(29-11-5-3-6-12-29)52-34-22-18-32(19-23-34)43-39(48)35(25-27-10-9-15-31(42)24-27)44-38(47)30-13-7-4-8-14-30/h3-26,37H,2H2,1H3,(H,43,48)(H,44,47)(H,45,46,49)/b35-25-. The van der Waals surface area contributed by atoms with Crippen molar-refractivity contribution in [2.75, 3.05) is 17.2 Å². The Morgan fingerprint density at radius 3 is 2.25 bits per heavy atom. The average Bonchev–Trinajstić information content (AvgIpc) is 3.63. The molecular weight excluding hydrogens is 712 g/mol. The molecule has 0 radical (unpaired) electrons. The normalized spacial score (nSPS) is 11.7. The third-order valence-electron chi connectivity index (χ3n) is 7.59. The Morgan fingerprint density at radius 1 is 0.846 bits per heavy atom. The molecule has 6 rings (SSSR count). The summed E-state index contributed by atoms with van der Waals surface area (Å²) in [5.41, 5.74) is 4.12. The highest BCUT2D eigenvalue weighted by molar-refractivity contribution is 8.00. The van der Waals surface area contributed by atoms with Gasteiger partial charge in [0, 0.05) is 32.1 Å². The van der Waals surface area contributed by atoms with Crippen LogP contribution in [0.1, 0.15) is 33.7 Å². The van der Waals surface area contributed by atoms with Crippen molar-refractivity contribution in [2.45, 2.75) is 17.1 Å². The first kappa shape index (κ1) is 36.1. The minimum Gasteiger partial charge on any atom is -0.494 e. The van der Waals surface area contributed by atoms with Crippen LogP contribution in [0.4, 0.5) is 10.8 Å².